The van der Waals surface area contributed by atoms with Gasteiger partial charge in [0.1, 0.15) is 11.9 Å². The normalized spacial score (nSPS) is 16.4. The molecule has 8 nitrogen and oxygen atoms in total. The number of alkyl halides is 22. The van der Waals surface area contributed by atoms with Crippen LogP contribution >= 0.6 is 0 Å². The Morgan fingerprint density at radius 3 is 1.10 bits per heavy atom. The molecule has 0 heterocycles. The van der Waals surface area contributed by atoms with Crippen LogP contribution in [0.15, 0.2) is 0 Å². The molecule has 34 heteroatoms. The van der Waals surface area contributed by atoms with Gasteiger partial charge < -0.3 is 19.8 Å². The van der Waals surface area contributed by atoms with Gasteiger partial charge in [-0.25, -0.2) is 12.8 Å². The van der Waals surface area contributed by atoms with E-state index in [4.69, 9.17) is 0 Å². The van der Waals surface area contributed by atoms with Gasteiger partial charge in [-0.15, -0.1) is 4.48 Å². The second-order valence-electron chi connectivity index (χ2n) is 8.63. The predicted octanol–water partition coefficient (Wildman–Crippen LogP) is -2.46. The molecule has 0 bridgehead atoms. The molecule has 0 saturated carbocycles. The van der Waals surface area contributed by atoms with Gasteiger partial charge in [0.15, 0.2) is 0 Å². The number of carbonyl (C=O) groups excluding carboxylic acids is 2. The van der Waals surface area contributed by atoms with E-state index in [9.17, 15) is 129 Å². The van der Waals surface area contributed by atoms with Gasteiger partial charge in [-0.3, -0.25) is 0 Å². The van der Waals surface area contributed by atoms with Gasteiger partial charge >= 0.3 is 172 Å². The molecule has 0 unspecified atom stereocenters. The van der Waals surface area contributed by atoms with E-state index in [1.807, 2.05) is 0 Å². The minimum atomic E-state index is -9.49. The molecule has 0 aliphatic carbocycles. The number of halogens is 23. The van der Waals surface area contributed by atoms with E-state index >= 15 is 0 Å². The molecule has 0 amide bonds. The minimum Gasteiger partial charge on any atom is -0.545 e. The maximum Gasteiger partial charge on any atom is 1.00 e. The first-order valence-electron chi connectivity index (χ1n) is 10.6. The molecule has 0 N–H and O–H groups in total. The number of carbonyl (C=O) groups is 2. The topological polar surface area (TPSA) is 121 Å². The van der Waals surface area contributed by atoms with Gasteiger partial charge in [-0.05, 0) is 6.42 Å². The Bertz CT molecular complexity index is 1360. The summed E-state index contributed by atoms with van der Waals surface area (Å²) < 4.78 is 332. The number of rotatable bonds is 16. The van der Waals surface area contributed by atoms with Gasteiger partial charge in [0.2, 0.25) is 0 Å². The van der Waals surface area contributed by atoms with Crippen LogP contribution in [0.5, 0.6) is 0 Å². The summed E-state index contributed by atoms with van der Waals surface area (Å²) in [6, 6.07) is 0. The van der Waals surface area contributed by atoms with Gasteiger partial charge in [0.25, 0.3) is 5.79 Å². The van der Waals surface area contributed by atoms with E-state index in [2.05, 4.69) is 0 Å². The average Bonchev–Trinajstić information content (AvgIpc) is 2.88. The maximum absolute atomic E-state index is 14.9. The zero-order valence-electron chi connectivity index (χ0n) is 23.4. The summed E-state index contributed by atoms with van der Waals surface area (Å²) >= 11 is 0. The molecule has 0 aromatic rings. The van der Waals surface area contributed by atoms with E-state index in [1.54, 1.807) is 0 Å². The first-order valence-corrected chi connectivity index (χ1v) is 12.0. The summed E-state index contributed by atoms with van der Waals surface area (Å²) in [7, 11) is -9.47. The zero-order valence-corrected chi connectivity index (χ0v) is 30.4. The first-order chi connectivity index (χ1) is 20.5. The van der Waals surface area contributed by atoms with Crippen molar-refractivity contribution in [2.24, 2.45) is 0 Å². The van der Waals surface area contributed by atoms with Gasteiger partial charge in [-0.1, -0.05) is 6.92 Å². The van der Waals surface area contributed by atoms with Crippen LogP contribution in [-0.4, -0.2) is 101 Å². The van der Waals surface area contributed by atoms with Crippen molar-refractivity contribution in [3.05, 3.63) is 0 Å². The molecular formula is C16H7F23K2N2O6S. The van der Waals surface area contributed by atoms with Crippen molar-refractivity contribution in [3.63, 3.8) is 0 Å². The molecule has 0 spiro atoms. The van der Waals surface area contributed by atoms with Crippen LogP contribution in [-0.2, 0) is 19.6 Å². The number of sulfonamides is 1. The van der Waals surface area contributed by atoms with E-state index in [0.29, 0.717) is 0 Å². The van der Waals surface area contributed by atoms with E-state index < -0.39 is 109 Å². The molecule has 0 aliphatic heterocycles. The summed E-state index contributed by atoms with van der Waals surface area (Å²) in [6.07, 6.45) is -9.89. The van der Waals surface area contributed by atoms with Gasteiger partial charge in [0.05, 0.1) is 0 Å². The number of carboxylic acids is 2. The fraction of sp³-hybridized carbons (Fsp3) is 0.875. The minimum absolute atomic E-state index is 0. The van der Waals surface area contributed by atoms with Crippen LogP contribution in [0.2, 0.25) is 0 Å². The largest absolute Gasteiger partial charge is 1.00 e. The Morgan fingerprint density at radius 2 is 0.840 bits per heavy atom. The van der Waals surface area contributed by atoms with Crippen LogP contribution in [0, 0.1) is 0 Å². The molecule has 0 aromatic carbocycles. The monoisotopic (exact) mass is 870 g/mol. The molecule has 0 aromatic heterocycles. The Labute approximate surface area is 344 Å². The number of hydrogen-bond donors (Lipinski definition) is 0. The van der Waals surface area contributed by atoms with Crippen molar-refractivity contribution in [1.82, 2.24) is 9.65 Å². The van der Waals surface area contributed by atoms with Crippen molar-refractivity contribution >= 4 is 22.0 Å². The van der Waals surface area contributed by atoms with Crippen molar-refractivity contribution in [3.8, 4) is 0 Å². The molecule has 50 heavy (non-hydrogen) atoms. The van der Waals surface area contributed by atoms with Crippen LogP contribution in [0.1, 0.15) is 13.3 Å². The number of hydrogen-bond acceptors (Lipinski definition) is 7. The Hall–Kier alpha value is 0.473. The third-order valence-corrected chi connectivity index (χ3v) is 7.03. The average molecular weight is 870 g/mol. The summed E-state index contributed by atoms with van der Waals surface area (Å²) in [5.41, 5.74) is 0. The van der Waals surface area contributed by atoms with Crippen molar-refractivity contribution in [2.45, 2.75) is 77.9 Å². The van der Waals surface area contributed by atoms with Gasteiger partial charge in [-0.2, -0.15) is 97.2 Å². The predicted molar refractivity (Wildman–Crippen MR) is 93.3 cm³/mol. The van der Waals surface area contributed by atoms with Crippen LogP contribution in [0.4, 0.5) is 101 Å². The van der Waals surface area contributed by atoms with Crippen LogP contribution < -0.4 is 113 Å². The zero-order chi connectivity index (χ0) is 39.7. The maximum atomic E-state index is 14.9. The van der Waals surface area contributed by atoms with E-state index in [-0.39, 0.29) is 110 Å². The third-order valence-electron chi connectivity index (χ3n) is 5.53. The molecule has 286 valence electrons. The second kappa shape index (κ2) is 15.5. The molecule has 1 atom stereocenters. The number of hydrazine groups is 1. The fourth-order valence-electron chi connectivity index (χ4n) is 2.82. The SMILES string of the molecule is CCCN(N(F)S(=O)(=O)C(F)(F)C(F)(F)C(F)(F)C(F)(F)C(F)(F)C(F)(F)C(F)(F)C(F)(F)F)[C@](F)(C(=O)[O-])C(F)(F)C(F)(F)C(=O)[O-].[K+].[K+]. The number of nitrogens with zero attached hydrogens (tertiary/aromatic N) is 2. The van der Waals surface area contributed by atoms with Crippen molar-refractivity contribution < 1.29 is 232 Å². The Kier molecular flexibility index (Phi) is 17.0. The molecule has 0 fully saturated rings. The summed E-state index contributed by atoms with van der Waals surface area (Å²) in [5.74, 6) is -87.3. The molecular weight excluding hydrogens is 863 g/mol. The Morgan fingerprint density at radius 1 is 0.540 bits per heavy atom. The molecule has 0 rings (SSSR count). The molecule has 0 radical (unpaired) electrons. The standard InChI is InChI=1S/C16H9F23N2O6S.2K/c1-2-3-40(7(19,5(44)45)8(20,21)6(17,18)4(42)43)41(39)48(46,47)16(37,38)14(32,33)12(28,29)10(24,25)9(22,23)11(26,27)13(30,31)15(34,35)36;;/h2-3H2,1H3,(H,42,43)(H,44,45);;/q;2*+1/p-2/t7-;;/m1../s1. The van der Waals surface area contributed by atoms with Crippen molar-refractivity contribution in [2.75, 3.05) is 6.54 Å². The third kappa shape index (κ3) is 7.40. The Balaban J connectivity index is -0.0000110. The second-order valence-corrected chi connectivity index (χ2v) is 10.4. The summed E-state index contributed by atoms with van der Waals surface area (Å²) in [6.45, 7) is -2.65. The molecule has 0 aliphatic rings. The van der Waals surface area contributed by atoms with E-state index in [0.717, 1.165) is 0 Å². The molecule has 0 saturated heterocycles. The van der Waals surface area contributed by atoms with Crippen molar-refractivity contribution in [1.29, 1.82) is 0 Å². The smallest absolute Gasteiger partial charge is 0.545 e. The summed E-state index contributed by atoms with van der Waals surface area (Å²) in [5, 5.41) is 9.29. The van der Waals surface area contributed by atoms with Crippen LogP contribution in [0.25, 0.3) is 0 Å². The van der Waals surface area contributed by atoms with Crippen LogP contribution in [0.3, 0.4) is 0 Å². The fourth-order valence-corrected chi connectivity index (χ4v) is 3.92. The van der Waals surface area contributed by atoms with E-state index in [1.165, 1.54) is 0 Å². The first kappa shape index (κ1) is 54.8. The number of carboxylic acid groups (broad SMARTS) is 2. The van der Waals surface area contributed by atoms with Gasteiger partial charge in [0, 0.05) is 11.2 Å². The summed E-state index contributed by atoms with van der Waals surface area (Å²) in [4.78, 5) is 21.3. The quantitative estimate of drug-likeness (QED) is 0.0556. The number of aliphatic carboxylic acids is 2.